The summed E-state index contributed by atoms with van der Waals surface area (Å²) in [5.74, 6) is 2.15. The lowest BCUT2D eigenvalue weighted by Gasteiger charge is -2.67. The first-order valence-electron chi connectivity index (χ1n) is 27.6. The van der Waals surface area contributed by atoms with Crippen LogP contribution in [0.5, 0.6) is 0 Å². The van der Waals surface area contributed by atoms with E-state index in [1.54, 1.807) is 0 Å². The van der Waals surface area contributed by atoms with Crippen LogP contribution in [0.3, 0.4) is 0 Å². The van der Waals surface area contributed by atoms with Crippen LogP contribution < -0.4 is 0 Å². The molecule has 0 aromatic heterocycles. The zero-order valence-corrected chi connectivity index (χ0v) is 42.6. The van der Waals surface area contributed by atoms with Gasteiger partial charge in [-0.2, -0.15) is 0 Å². The van der Waals surface area contributed by atoms with Gasteiger partial charge in [0.15, 0.2) is 0 Å². The van der Waals surface area contributed by atoms with Gasteiger partial charge in [0.05, 0.1) is 19.8 Å². The van der Waals surface area contributed by atoms with Crippen molar-refractivity contribution in [3.05, 3.63) is 0 Å². The molecule has 63 heavy (non-hydrogen) atoms. The number of nitrogens with zero attached hydrogens (tertiary/aromatic N) is 1. The fourth-order valence-corrected chi connectivity index (χ4v) is 13.2. The van der Waals surface area contributed by atoms with Crippen LogP contribution in [-0.2, 0) is 28.6 Å². The quantitative estimate of drug-likeness (QED) is 0.0344. The van der Waals surface area contributed by atoms with Crippen molar-refractivity contribution in [2.24, 2.45) is 34.0 Å². The van der Waals surface area contributed by atoms with Gasteiger partial charge in [-0.05, 0) is 125 Å². The van der Waals surface area contributed by atoms with E-state index in [0.717, 1.165) is 95.4 Å². The van der Waals surface area contributed by atoms with Gasteiger partial charge >= 0.3 is 17.9 Å². The average Bonchev–Trinajstić information content (AvgIpc) is 3.25. The molecule has 0 spiro atoms. The van der Waals surface area contributed by atoms with Gasteiger partial charge in [-0.25, -0.2) is 0 Å². The summed E-state index contributed by atoms with van der Waals surface area (Å²) in [6.45, 7) is 11.6. The average molecular weight is 886 g/mol. The Balaban J connectivity index is 1.50. The van der Waals surface area contributed by atoms with E-state index in [2.05, 4.69) is 32.6 Å². The Labute approximate surface area is 389 Å². The summed E-state index contributed by atoms with van der Waals surface area (Å²) in [4.78, 5) is 41.7. The summed E-state index contributed by atoms with van der Waals surface area (Å²) in [7, 11) is 4.09. The topological polar surface area (TPSA) is 82.1 Å². The van der Waals surface area contributed by atoms with Gasteiger partial charge in [0.25, 0.3) is 0 Å². The minimum absolute atomic E-state index is 0.0424. The smallest absolute Gasteiger partial charge is 0.305 e. The minimum Gasteiger partial charge on any atom is -0.466 e. The molecule has 0 radical (unpaired) electrons. The zero-order valence-electron chi connectivity index (χ0n) is 42.6. The number of hydrogen-bond acceptors (Lipinski definition) is 7. The molecule has 2 atom stereocenters. The molecule has 0 amide bonds. The molecule has 4 aliphatic carbocycles. The zero-order chi connectivity index (χ0) is 45.7. The number of rotatable bonds is 41. The molecule has 0 aliphatic heterocycles. The first-order valence-corrected chi connectivity index (χ1v) is 27.6. The Bertz CT molecular complexity index is 1130. The third-order valence-corrected chi connectivity index (χ3v) is 15.9. The van der Waals surface area contributed by atoms with Crippen molar-refractivity contribution in [1.29, 1.82) is 0 Å². The molecular formula is C56H103NO6. The molecule has 4 bridgehead atoms. The van der Waals surface area contributed by atoms with Crippen molar-refractivity contribution in [2.75, 3.05) is 40.5 Å². The predicted octanol–water partition coefficient (Wildman–Crippen LogP) is 15.5. The number of carbonyl (C=O) groups is 3. The van der Waals surface area contributed by atoms with Gasteiger partial charge in [-0.15, -0.1) is 0 Å². The molecule has 0 saturated heterocycles. The van der Waals surface area contributed by atoms with Crippen LogP contribution in [-0.4, -0.2) is 63.3 Å². The lowest BCUT2D eigenvalue weighted by molar-refractivity contribution is -0.177. The van der Waals surface area contributed by atoms with E-state index in [1.165, 1.54) is 141 Å². The summed E-state index contributed by atoms with van der Waals surface area (Å²) in [6, 6.07) is 0. The van der Waals surface area contributed by atoms with Gasteiger partial charge in [-0.1, -0.05) is 169 Å². The Kier molecular flexibility index (Phi) is 28.4. The highest BCUT2D eigenvalue weighted by atomic mass is 16.5. The molecular weight excluding hydrogens is 783 g/mol. The van der Waals surface area contributed by atoms with Crippen LogP contribution in [0.4, 0.5) is 0 Å². The second-order valence-corrected chi connectivity index (χ2v) is 22.2. The molecule has 0 heterocycles. The summed E-state index contributed by atoms with van der Waals surface area (Å²) in [6.07, 6.45) is 42.4. The summed E-state index contributed by atoms with van der Waals surface area (Å²) < 4.78 is 17.5. The molecule has 4 aliphatic rings. The fraction of sp³-hybridized carbons (Fsp3) is 0.946. The van der Waals surface area contributed by atoms with Crippen LogP contribution in [0.2, 0.25) is 0 Å². The Hall–Kier alpha value is -1.63. The van der Waals surface area contributed by atoms with Crippen LogP contribution in [0, 0.1) is 34.0 Å². The lowest BCUT2D eigenvalue weighted by atomic mass is 9.37. The van der Waals surface area contributed by atoms with Gasteiger partial charge in [0, 0.05) is 25.8 Å². The van der Waals surface area contributed by atoms with E-state index >= 15 is 0 Å². The van der Waals surface area contributed by atoms with Crippen molar-refractivity contribution < 1.29 is 28.6 Å². The number of unbranched alkanes of at least 4 members (excludes halogenated alkanes) is 12. The molecule has 4 fully saturated rings. The largest absolute Gasteiger partial charge is 0.466 e. The SMILES string of the molecule is CCCCCC(CCCCC)CCCCCOC(=O)CCC12CC3CC(CCC(=O)OCCCCCC(CCCCC)CCCCC)(C1)CC(CCC(=O)OCCCN(C)C)(C3)C2. The summed E-state index contributed by atoms with van der Waals surface area (Å²) in [5, 5.41) is 0. The standard InChI is InChI=1S/C56H103NO6/c1-7-11-17-26-48(27-18-12-8-2)30-21-15-23-39-61-51(58)32-35-54-42-50-43-55(45-54,47-56(44-50,46-54)37-34-53(60)63-41-25-38-57(5)6)36-33-52(59)62-40-24-16-22-31-49(28-19-13-9-3)29-20-14-10-4/h48-50H,7-47H2,1-6H3. The second-order valence-electron chi connectivity index (χ2n) is 22.2. The van der Waals surface area contributed by atoms with E-state index in [-0.39, 0.29) is 34.2 Å². The van der Waals surface area contributed by atoms with E-state index < -0.39 is 0 Å². The van der Waals surface area contributed by atoms with E-state index in [4.69, 9.17) is 14.2 Å². The van der Waals surface area contributed by atoms with Crippen LogP contribution in [0.15, 0.2) is 0 Å². The maximum atomic E-state index is 13.3. The summed E-state index contributed by atoms with van der Waals surface area (Å²) >= 11 is 0. The van der Waals surface area contributed by atoms with Gasteiger partial charge < -0.3 is 19.1 Å². The molecule has 7 heteroatoms. The maximum absolute atomic E-state index is 13.3. The third-order valence-electron chi connectivity index (χ3n) is 15.9. The monoisotopic (exact) mass is 886 g/mol. The number of carbonyl (C=O) groups excluding carboxylic acids is 3. The summed E-state index contributed by atoms with van der Waals surface area (Å²) in [5.41, 5.74) is 0.229. The molecule has 0 N–H and O–H groups in total. The van der Waals surface area contributed by atoms with Crippen LogP contribution >= 0.6 is 0 Å². The first-order chi connectivity index (χ1) is 30.5. The van der Waals surface area contributed by atoms with Crippen molar-refractivity contribution in [2.45, 2.75) is 265 Å². The number of ether oxygens (including phenoxy) is 3. The van der Waals surface area contributed by atoms with Gasteiger partial charge in [-0.3, -0.25) is 14.4 Å². The first kappa shape index (κ1) is 55.7. The second kappa shape index (κ2) is 32.1. The highest BCUT2D eigenvalue weighted by Crippen LogP contribution is 2.73. The van der Waals surface area contributed by atoms with Gasteiger partial charge in [0.2, 0.25) is 0 Å². The molecule has 4 saturated carbocycles. The Morgan fingerprint density at radius 3 is 1.05 bits per heavy atom. The van der Waals surface area contributed by atoms with Crippen molar-refractivity contribution in [1.82, 2.24) is 4.90 Å². The van der Waals surface area contributed by atoms with Crippen molar-refractivity contribution in [3.63, 3.8) is 0 Å². The lowest BCUT2D eigenvalue weighted by Crippen LogP contribution is -2.57. The highest BCUT2D eigenvalue weighted by Gasteiger charge is 2.62. The van der Waals surface area contributed by atoms with Crippen LogP contribution in [0.1, 0.15) is 265 Å². The molecule has 2 unspecified atom stereocenters. The minimum atomic E-state index is -0.0771. The number of esters is 3. The Morgan fingerprint density at radius 2 is 0.746 bits per heavy atom. The number of hydrogen-bond donors (Lipinski definition) is 0. The van der Waals surface area contributed by atoms with Crippen molar-refractivity contribution in [3.8, 4) is 0 Å². The molecule has 368 valence electrons. The molecule has 0 aromatic rings. The van der Waals surface area contributed by atoms with E-state index in [9.17, 15) is 14.4 Å². The molecule has 0 aromatic carbocycles. The third kappa shape index (κ3) is 23.1. The van der Waals surface area contributed by atoms with Crippen LogP contribution in [0.25, 0.3) is 0 Å². The van der Waals surface area contributed by atoms with Gasteiger partial charge in [0.1, 0.15) is 0 Å². The maximum Gasteiger partial charge on any atom is 0.305 e. The molecule has 7 nitrogen and oxygen atoms in total. The normalized spacial score (nSPS) is 22.7. The predicted molar refractivity (Wildman–Crippen MR) is 263 cm³/mol. The van der Waals surface area contributed by atoms with Crippen molar-refractivity contribution >= 4 is 17.9 Å². The fourth-order valence-electron chi connectivity index (χ4n) is 13.2. The highest BCUT2D eigenvalue weighted by molar-refractivity contribution is 5.70. The molecule has 4 rings (SSSR count). The van der Waals surface area contributed by atoms with E-state index in [0.29, 0.717) is 45.0 Å². The Morgan fingerprint density at radius 1 is 0.444 bits per heavy atom. The van der Waals surface area contributed by atoms with E-state index in [1.807, 2.05) is 14.1 Å².